The molecule has 0 aliphatic carbocycles. The molecule has 1 amide bonds. The van der Waals surface area contributed by atoms with E-state index in [-0.39, 0.29) is 21.6 Å². The highest BCUT2D eigenvalue weighted by molar-refractivity contribution is 9.10. The maximum absolute atomic E-state index is 11.8. The van der Waals surface area contributed by atoms with Crippen LogP contribution in [0.1, 0.15) is 6.42 Å². The van der Waals surface area contributed by atoms with Crippen molar-refractivity contribution in [3.05, 3.63) is 21.6 Å². The molecule has 9 heteroatoms. The van der Waals surface area contributed by atoms with Crippen LogP contribution in [0.2, 0.25) is 5.02 Å². The highest BCUT2D eigenvalue weighted by Gasteiger charge is 2.33. The van der Waals surface area contributed by atoms with Gasteiger partial charge in [-0.2, -0.15) is 0 Å². The molecular weight excluding hydrogens is 372 g/mol. The van der Waals surface area contributed by atoms with E-state index in [1.807, 2.05) is 0 Å². The zero-order valence-corrected chi connectivity index (χ0v) is 13.6. The number of likely N-dealkylation sites (tertiary alicyclic amines) is 1. The molecule has 1 fully saturated rings. The summed E-state index contributed by atoms with van der Waals surface area (Å²) in [5.41, 5.74) is 0. The van der Waals surface area contributed by atoms with Crippen LogP contribution in [-0.2, 0) is 14.8 Å². The molecule has 0 bridgehead atoms. The van der Waals surface area contributed by atoms with E-state index in [1.54, 1.807) is 7.05 Å². The number of carbonyl (C=O) groups is 1. The number of hydrogen-bond acceptors (Lipinski definition) is 4. The summed E-state index contributed by atoms with van der Waals surface area (Å²) in [6.07, 6.45) is -0.287. The molecule has 1 saturated heterocycles. The monoisotopic (exact) mass is 382 g/mol. The van der Waals surface area contributed by atoms with Crippen molar-refractivity contribution in [1.29, 1.82) is 0 Å². The minimum Gasteiger partial charge on any atom is -0.478 e. The summed E-state index contributed by atoms with van der Waals surface area (Å²) in [5, 5.41) is 5.22. The summed E-state index contributed by atoms with van der Waals surface area (Å²) in [6.45, 7) is 0.544. The average Bonchev–Trinajstić information content (AvgIpc) is 2.62. The van der Waals surface area contributed by atoms with Crippen LogP contribution >= 0.6 is 27.5 Å². The molecule has 1 aliphatic rings. The van der Waals surface area contributed by atoms with Gasteiger partial charge in [-0.15, -0.1) is 0 Å². The van der Waals surface area contributed by atoms with Crippen LogP contribution in [0.4, 0.5) is 0 Å². The van der Waals surface area contributed by atoms with Gasteiger partial charge >= 0.3 is 0 Å². The van der Waals surface area contributed by atoms with Crippen molar-refractivity contribution >= 4 is 43.5 Å². The number of nitrogens with two attached hydrogens (primary N) is 1. The lowest BCUT2D eigenvalue weighted by molar-refractivity contribution is -0.132. The SMILES string of the molecule is CN1CCC(Oc2c(Cl)cc(Br)cc2S(N)(=O)=O)C1=O. The van der Waals surface area contributed by atoms with Crippen LogP contribution < -0.4 is 9.88 Å². The smallest absolute Gasteiger partial charge is 0.263 e. The number of sulfonamides is 1. The van der Waals surface area contributed by atoms with Crippen molar-refractivity contribution in [2.75, 3.05) is 13.6 Å². The molecule has 1 heterocycles. The lowest BCUT2D eigenvalue weighted by Crippen LogP contribution is -2.30. The number of benzene rings is 1. The third-order valence-corrected chi connectivity index (χ3v) is 4.57. The Kier molecular flexibility index (Phi) is 4.29. The maximum Gasteiger partial charge on any atom is 0.263 e. The highest BCUT2D eigenvalue weighted by Crippen LogP contribution is 2.36. The van der Waals surface area contributed by atoms with Gasteiger partial charge in [-0.3, -0.25) is 4.79 Å². The third kappa shape index (κ3) is 3.08. The average molecular weight is 384 g/mol. The van der Waals surface area contributed by atoms with Crippen molar-refractivity contribution in [1.82, 2.24) is 4.90 Å². The topological polar surface area (TPSA) is 89.7 Å². The molecule has 1 unspecified atom stereocenters. The standard InChI is InChI=1S/C11H12BrClN2O4S/c1-15-3-2-8(11(15)16)19-10-7(13)4-6(12)5-9(10)20(14,17)18/h4-5,8H,2-3H2,1H3,(H2,14,17,18). The summed E-state index contributed by atoms with van der Waals surface area (Å²) < 4.78 is 29.2. The predicted octanol–water partition coefficient (Wildman–Crippen LogP) is 1.36. The molecule has 6 nitrogen and oxygen atoms in total. The molecular formula is C11H12BrClN2O4S. The first kappa shape index (κ1) is 15.6. The molecule has 1 aromatic rings. The zero-order valence-electron chi connectivity index (χ0n) is 10.5. The van der Waals surface area contributed by atoms with Crippen LogP contribution in [0.15, 0.2) is 21.5 Å². The van der Waals surface area contributed by atoms with E-state index >= 15 is 0 Å². The van der Waals surface area contributed by atoms with E-state index in [0.717, 1.165) is 0 Å². The first-order valence-electron chi connectivity index (χ1n) is 5.63. The van der Waals surface area contributed by atoms with Crippen molar-refractivity contribution in [2.45, 2.75) is 17.4 Å². The lowest BCUT2D eigenvalue weighted by Gasteiger charge is -2.16. The first-order valence-corrected chi connectivity index (χ1v) is 8.35. The van der Waals surface area contributed by atoms with Gasteiger partial charge in [-0.1, -0.05) is 27.5 Å². The van der Waals surface area contributed by atoms with E-state index in [2.05, 4.69) is 15.9 Å². The van der Waals surface area contributed by atoms with E-state index in [1.165, 1.54) is 17.0 Å². The summed E-state index contributed by atoms with van der Waals surface area (Å²) in [4.78, 5) is 13.1. The van der Waals surface area contributed by atoms with Gasteiger partial charge in [0.1, 0.15) is 4.90 Å². The fourth-order valence-corrected chi connectivity index (χ4v) is 3.67. The second-order valence-electron chi connectivity index (χ2n) is 4.41. The Morgan fingerprint density at radius 3 is 2.65 bits per heavy atom. The summed E-state index contributed by atoms with van der Waals surface area (Å²) in [6, 6.07) is 2.77. The Morgan fingerprint density at radius 2 is 2.15 bits per heavy atom. The maximum atomic E-state index is 11.8. The van der Waals surface area contributed by atoms with Crippen molar-refractivity contribution in [3.8, 4) is 5.75 Å². The number of likely N-dealkylation sites (N-methyl/N-ethyl adjacent to an activating group) is 1. The molecule has 0 saturated carbocycles. The Morgan fingerprint density at radius 1 is 1.50 bits per heavy atom. The molecule has 20 heavy (non-hydrogen) atoms. The minimum atomic E-state index is -4.02. The largest absolute Gasteiger partial charge is 0.478 e. The van der Waals surface area contributed by atoms with Crippen LogP contribution in [0, 0.1) is 0 Å². The van der Waals surface area contributed by atoms with Gasteiger partial charge in [0.25, 0.3) is 5.91 Å². The van der Waals surface area contributed by atoms with Crippen molar-refractivity contribution in [2.24, 2.45) is 5.14 Å². The predicted molar refractivity (Wildman–Crippen MR) is 77.2 cm³/mol. The van der Waals surface area contributed by atoms with Gasteiger partial charge in [0.15, 0.2) is 11.9 Å². The molecule has 0 aromatic heterocycles. The Labute approximate surface area is 130 Å². The van der Waals surface area contributed by atoms with Crippen molar-refractivity contribution < 1.29 is 17.9 Å². The number of primary sulfonamides is 1. The molecule has 2 rings (SSSR count). The fraction of sp³-hybridized carbons (Fsp3) is 0.364. The number of hydrogen-bond donors (Lipinski definition) is 1. The number of ether oxygens (including phenoxy) is 1. The van der Waals surface area contributed by atoms with E-state index in [9.17, 15) is 13.2 Å². The summed E-state index contributed by atoms with van der Waals surface area (Å²) >= 11 is 9.14. The Hall–Kier alpha value is -0.830. The quantitative estimate of drug-likeness (QED) is 0.853. The van der Waals surface area contributed by atoms with Crippen LogP contribution in [0.3, 0.4) is 0 Å². The molecule has 1 aliphatic heterocycles. The Balaban J connectivity index is 2.44. The minimum absolute atomic E-state index is 0.0748. The summed E-state index contributed by atoms with van der Waals surface area (Å²) in [5.74, 6) is -0.310. The summed E-state index contributed by atoms with van der Waals surface area (Å²) in [7, 11) is -2.37. The van der Waals surface area contributed by atoms with E-state index in [4.69, 9.17) is 21.5 Å². The molecule has 1 aromatic carbocycles. The number of nitrogens with zero attached hydrogens (tertiary/aromatic N) is 1. The van der Waals surface area contributed by atoms with Gasteiger partial charge in [0, 0.05) is 24.5 Å². The molecule has 1 atom stereocenters. The number of amides is 1. The second kappa shape index (κ2) is 5.51. The third-order valence-electron chi connectivity index (χ3n) is 2.92. The zero-order chi connectivity index (χ0) is 15.1. The highest BCUT2D eigenvalue weighted by atomic mass is 79.9. The van der Waals surface area contributed by atoms with Gasteiger partial charge in [0.2, 0.25) is 10.0 Å². The van der Waals surface area contributed by atoms with Gasteiger partial charge < -0.3 is 9.64 Å². The van der Waals surface area contributed by atoms with Crippen LogP contribution in [0.25, 0.3) is 0 Å². The lowest BCUT2D eigenvalue weighted by atomic mass is 10.3. The van der Waals surface area contributed by atoms with Gasteiger partial charge in [0.05, 0.1) is 5.02 Å². The molecule has 0 spiro atoms. The van der Waals surface area contributed by atoms with E-state index < -0.39 is 16.1 Å². The van der Waals surface area contributed by atoms with Gasteiger partial charge in [-0.25, -0.2) is 13.6 Å². The molecule has 2 N–H and O–H groups in total. The van der Waals surface area contributed by atoms with E-state index in [0.29, 0.717) is 17.4 Å². The fourth-order valence-electron chi connectivity index (χ4n) is 1.90. The number of halogens is 2. The number of rotatable bonds is 3. The first-order chi connectivity index (χ1) is 9.20. The Bertz CT molecular complexity index is 665. The number of carbonyl (C=O) groups excluding carboxylic acids is 1. The second-order valence-corrected chi connectivity index (χ2v) is 7.27. The van der Waals surface area contributed by atoms with Crippen LogP contribution in [-0.4, -0.2) is 38.9 Å². The van der Waals surface area contributed by atoms with Crippen LogP contribution in [0.5, 0.6) is 5.75 Å². The molecule has 0 radical (unpaired) electrons. The molecule has 110 valence electrons. The normalized spacial score (nSPS) is 19.5. The van der Waals surface area contributed by atoms with Gasteiger partial charge in [-0.05, 0) is 12.1 Å². The van der Waals surface area contributed by atoms with Crippen molar-refractivity contribution in [3.63, 3.8) is 0 Å².